The number of benzene rings is 1. The molecule has 0 aliphatic heterocycles. The second kappa shape index (κ2) is 6.18. The molecule has 0 amide bonds. The molecule has 5 heteroatoms. The third-order valence-corrected chi connectivity index (χ3v) is 5.86. The van der Waals surface area contributed by atoms with Gasteiger partial charge in [0.05, 0.1) is 17.9 Å². The van der Waals surface area contributed by atoms with Crippen LogP contribution in [0, 0.1) is 12.8 Å². The van der Waals surface area contributed by atoms with Gasteiger partial charge < -0.3 is 4.74 Å². The summed E-state index contributed by atoms with van der Waals surface area (Å²) in [6.07, 6.45) is 3.88. The van der Waals surface area contributed by atoms with Crippen LogP contribution in [0.1, 0.15) is 41.6 Å². The standard InChI is InChI=1S/C16H22O4S/c1-11-7-8-15(20-2)14(9-11)16(17)12-5-4-6-13(10-12)21(3,18)19/h7-9,12-13H,4-6,10H2,1-3H3. The molecule has 1 aromatic carbocycles. The number of Topliss-reactive ketones (excluding diaryl/α,β-unsaturated/α-hetero) is 1. The van der Waals surface area contributed by atoms with Gasteiger partial charge in [-0.25, -0.2) is 8.42 Å². The van der Waals surface area contributed by atoms with Crippen molar-refractivity contribution in [2.75, 3.05) is 13.4 Å². The summed E-state index contributed by atoms with van der Waals surface area (Å²) in [4.78, 5) is 12.7. The van der Waals surface area contributed by atoms with E-state index in [2.05, 4.69) is 0 Å². The molecule has 4 nitrogen and oxygen atoms in total. The fourth-order valence-corrected chi connectivity index (χ4v) is 4.18. The number of carbonyl (C=O) groups is 1. The van der Waals surface area contributed by atoms with E-state index in [0.717, 1.165) is 18.4 Å². The lowest BCUT2D eigenvalue weighted by Crippen LogP contribution is -2.31. The Morgan fingerprint density at radius 2 is 2.00 bits per heavy atom. The van der Waals surface area contributed by atoms with Gasteiger partial charge in [0.15, 0.2) is 5.78 Å². The number of aryl methyl sites for hydroxylation is 1. The minimum atomic E-state index is -3.08. The molecule has 1 aliphatic rings. The Hall–Kier alpha value is -1.36. The second-order valence-electron chi connectivity index (χ2n) is 5.88. The molecule has 0 saturated heterocycles. The van der Waals surface area contributed by atoms with Crippen molar-refractivity contribution in [1.29, 1.82) is 0 Å². The molecule has 0 N–H and O–H groups in total. The monoisotopic (exact) mass is 310 g/mol. The van der Waals surface area contributed by atoms with Crippen LogP contribution < -0.4 is 4.74 Å². The number of rotatable bonds is 4. The molecule has 2 rings (SSSR count). The molecular formula is C16H22O4S. The van der Waals surface area contributed by atoms with Crippen molar-refractivity contribution in [3.05, 3.63) is 29.3 Å². The van der Waals surface area contributed by atoms with Crippen LogP contribution in [0.15, 0.2) is 18.2 Å². The maximum Gasteiger partial charge on any atom is 0.169 e. The molecule has 0 bridgehead atoms. The van der Waals surface area contributed by atoms with Crippen molar-refractivity contribution >= 4 is 15.6 Å². The molecule has 116 valence electrons. The Bertz CT molecular complexity index is 634. The fourth-order valence-electron chi connectivity index (χ4n) is 3.01. The summed E-state index contributed by atoms with van der Waals surface area (Å²) in [7, 11) is -1.54. The summed E-state index contributed by atoms with van der Waals surface area (Å²) in [5.41, 5.74) is 1.56. The van der Waals surface area contributed by atoms with E-state index in [9.17, 15) is 13.2 Å². The molecule has 0 spiro atoms. The van der Waals surface area contributed by atoms with Crippen molar-refractivity contribution < 1.29 is 17.9 Å². The lowest BCUT2D eigenvalue weighted by molar-refractivity contribution is 0.0887. The SMILES string of the molecule is COc1ccc(C)cc1C(=O)C1CCCC(S(C)(=O)=O)C1. The summed E-state index contributed by atoms with van der Waals surface area (Å²) < 4.78 is 28.7. The van der Waals surface area contributed by atoms with Gasteiger partial charge in [-0.15, -0.1) is 0 Å². The molecule has 0 aromatic heterocycles. The Balaban J connectivity index is 2.26. The average Bonchev–Trinajstić information content (AvgIpc) is 2.45. The van der Waals surface area contributed by atoms with Crippen LogP contribution in [0.25, 0.3) is 0 Å². The zero-order valence-electron chi connectivity index (χ0n) is 12.8. The maximum absolute atomic E-state index is 12.7. The first-order chi connectivity index (χ1) is 9.82. The second-order valence-corrected chi connectivity index (χ2v) is 8.21. The van der Waals surface area contributed by atoms with Crippen molar-refractivity contribution in [3.63, 3.8) is 0 Å². The Morgan fingerprint density at radius 3 is 2.62 bits per heavy atom. The minimum Gasteiger partial charge on any atom is -0.496 e. The largest absolute Gasteiger partial charge is 0.496 e. The van der Waals surface area contributed by atoms with Gasteiger partial charge in [0.1, 0.15) is 15.6 Å². The number of sulfone groups is 1. The van der Waals surface area contributed by atoms with E-state index in [1.165, 1.54) is 6.26 Å². The van der Waals surface area contributed by atoms with E-state index in [-0.39, 0.29) is 11.7 Å². The average molecular weight is 310 g/mol. The molecule has 0 heterocycles. The first-order valence-electron chi connectivity index (χ1n) is 7.20. The molecule has 2 atom stereocenters. The summed E-state index contributed by atoms with van der Waals surface area (Å²) in [5, 5.41) is -0.393. The maximum atomic E-state index is 12.7. The van der Waals surface area contributed by atoms with Crippen LogP contribution in [-0.2, 0) is 9.84 Å². The van der Waals surface area contributed by atoms with Gasteiger partial charge in [0, 0.05) is 12.2 Å². The van der Waals surface area contributed by atoms with Crippen molar-refractivity contribution in [2.45, 2.75) is 37.9 Å². The van der Waals surface area contributed by atoms with Crippen LogP contribution in [0.5, 0.6) is 5.75 Å². The van der Waals surface area contributed by atoms with Crippen LogP contribution >= 0.6 is 0 Å². The van der Waals surface area contributed by atoms with Gasteiger partial charge in [0.2, 0.25) is 0 Å². The molecule has 2 unspecified atom stereocenters. The van der Waals surface area contributed by atoms with Crippen LogP contribution in [0.2, 0.25) is 0 Å². The highest BCUT2D eigenvalue weighted by Gasteiger charge is 2.33. The van der Waals surface area contributed by atoms with Crippen molar-refractivity contribution in [1.82, 2.24) is 0 Å². The van der Waals surface area contributed by atoms with E-state index < -0.39 is 15.1 Å². The van der Waals surface area contributed by atoms with E-state index in [4.69, 9.17) is 4.74 Å². The topological polar surface area (TPSA) is 60.4 Å². The quantitative estimate of drug-likeness (QED) is 0.802. The normalized spacial score (nSPS) is 22.8. The van der Waals surface area contributed by atoms with Gasteiger partial charge in [-0.3, -0.25) is 4.79 Å². The predicted octanol–water partition coefficient (Wildman–Crippen LogP) is 2.79. The van der Waals surface area contributed by atoms with Crippen molar-refractivity contribution in [2.24, 2.45) is 5.92 Å². The summed E-state index contributed by atoms with van der Waals surface area (Å²) in [6, 6.07) is 5.51. The highest BCUT2D eigenvalue weighted by atomic mass is 32.2. The number of hydrogen-bond acceptors (Lipinski definition) is 4. The predicted molar refractivity (Wildman–Crippen MR) is 82.7 cm³/mol. The van der Waals surface area contributed by atoms with Gasteiger partial charge in [-0.2, -0.15) is 0 Å². The van der Waals surface area contributed by atoms with Gasteiger partial charge >= 0.3 is 0 Å². The molecule has 21 heavy (non-hydrogen) atoms. The molecule has 1 aliphatic carbocycles. The van der Waals surface area contributed by atoms with Crippen molar-refractivity contribution in [3.8, 4) is 5.75 Å². The third-order valence-electron chi connectivity index (χ3n) is 4.22. The number of ketones is 1. The van der Waals surface area contributed by atoms with Crippen LogP contribution in [-0.4, -0.2) is 32.8 Å². The smallest absolute Gasteiger partial charge is 0.169 e. The molecule has 1 saturated carbocycles. The molecule has 1 aromatic rings. The lowest BCUT2D eigenvalue weighted by atomic mass is 9.83. The Morgan fingerprint density at radius 1 is 1.29 bits per heavy atom. The van der Waals surface area contributed by atoms with E-state index in [0.29, 0.717) is 24.2 Å². The first-order valence-corrected chi connectivity index (χ1v) is 9.16. The summed E-state index contributed by atoms with van der Waals surface area (Å²) >= 11 is 0. The summed E-state index contributed by atoms with van der Waals surface area (Å²) in [5.74, 6) is 0.338. The van der Waals surface area contributed by atoms with Gasteiger partial charge in [0.25, 0.3) is 0 Å². The minimum absolute atomic E-state index is 0.00361. The van der Waals surface area contributed by atoms with E-state index in [1.807, 2.05) is 19.1 Å². The van der Waals surface area contributed by atoms with Gasteiger partial charge in [-0.1, -0.05) is 18.1 Å². The van der Waals surface area contributed by atoms with Crippen LogP contribution in [0.3, 0.4) is 0 Å². The summed E-state index contributed by atoms with van der Waals surface area (Å²) in [6.45, 7) is 1.93. The zero-order valence-corrected chi connectivity index (χ0v) is 13.6. The number of hydrogen-bond donors (Lipinski definition) is 0. The first kappa shape index (κ1) is 16.0. The van der Waals surface area contributed by atoms with E-state index >= 15 is 0 Å². The molecule has 1 fully saturated rings. The van der Waals surface area contributed by atoms with Crippen LogP contribution in [0.4, 0.5) is 0 Å². The number of ether oxygens (including phenoxy) is 1. The lowest BCUT2D eigenvalue weighted by Gasteiger charge is -2.27. The molecule has 0 radical (unpaired) electrons. The Labute approximate surface area is 126 Å². The molecular weight excluding hydrogens is 288 g/mol. The highest BCUT2D eigenvalue weighted by Crippen LogP contribution is 2.33. The van der Waals surface area contributed by atoms with E-state index in [1.54, 1.807) is 13.2 Å². The Kier molecular flexibility index (Phi) is 4.71. The zero-order chi connectivity index (χ0) is 15.6. The third kappa shape index (κ3) is 3.64. The highest BCUT2D eigenvalue weighted by molar-refractivity contribution is 7.91. The fraction of sp³-hybridized carbons (Fsp3) is 0.562. The number of methoxy groups -OCH3 is 1. The number of carbonyl (C=O) groups excluding carboxylic acids is 1. The van der Waals surface area contributed by atoms with Gasteiger partial charge in [-0.05, 0) is 38.3 Å².